The van der Waals surface area contributed by atoms with Crippen molar-refractivity contribution in [3.8, 4) is 0 Å². The molecule has 4 rings (SSSR count). The molecule has 1 aromatic heterocycles. The third-order valence-corrected chi connectivity index (χ3v) is 5.55. The first-order valence-corrected chi connectivity index (χ1v) is 9.67. The summed E-state index contributed by atoms with van der Waals surface area (Å²) in [4.78, 5) is 33.4. The van der Waals surface area contributed by atoms with Crippen LogP contribution in [0.4, 0.5) is 5.69 Å². The van der Waals surface area contributed by atoms with Crippen molar-refractivity contribution in [3.05, 3.63) is 59.4 Å². The van der Waals surface area contributed by atoms with Crippen molar-refractivity contribution in [3.63, 3.8) is 0 Å². The summed E-state index contributed by atoms with van der Waals surface area (Å²) in [7, 11) is 0. The molecule has 0 aliphatic carbocycles. The molecule has 0 bridgehead atoms. The molecule has 2 aliphatic heterocycles. The molecule has 0 unspecified atom stereocenters. The summed E-state index contributed by atoms with van der Waals surface area (Å²) in [5.41, 5.74) is 3.62. The lowest BCUT2D eigenvalue weighted by atomic mass is 10.0. The monoisotopic (exact) mass is 379 g/mol. The number of rotatable bonds is 4. The van der Waals surface area contributed by atoms with Gasteiger partial charge in [-0.15, -0.1) is 0 Å². The van der Waals surface area contributed by atoms with Crippen molar-refractivity contribution in [2.75, 3.05) is 38.0 Å². The van der Waals surface area contributed by atoms with Crippen LogP contribution in [-0.2, 0) is 11.3 Å². The molecule has 2 aliphatic rings. The third-order valence-electron chi connectivity index (χ3n) is 5.55. The maximum absolute atomic E-state index is 13.2. The molecule has 146 valence electrons. The number of hydrogen-bond acceptors (Lipinski definition) is 5. The topological polar surface area (TPSA) is 77.6 Å². The molecule has 2 aromatic rings. The molecular weight excluding hydrogens is 354 g/mol. The number of carbonyl (C=O) groups is 2. The van der Waals surface area contributed by atoms with E-state index in [1.165, 1.54) is 0 Å². The van der Waals surface area contributed by atoms with E-state index in [0.29, 0.717) is 31.7 Å². The zero-order valence-corrected chi connectivity index (χ0v) is 16.0. The number of aromatic nitrogens is 1. The highest BCUT2D eigenvalue weighted by Gasteiger charge is 2.36. The van der Waals surface area contributed by atoms with Gasteiger partial charge in [-0.1, -0.05) is 12.1 Å². The third kappa shape index (κ3) is 3.71. The van der Waals surface area contributed by atoms with Crippen molar-refractivity contribution in [2.45, 2.75) is 19.5 Å². The quantitative estimate of drug-likeness (QED) is 0.836. The summed E-state index contributed by atoms with van der Waals surface area (Å²) in [5, 5.41) is 6.30. The van der Waals surface area contributed by atoms with E-state index in [9.17, 15) is 9.59 Å². The second-order valence-electron chi connectivity index (χ2n) is 7.29. The minimum Gasteiger partial charge on any atom is -0.381 e. The number of benzene rings is 1. The fraction of sp³-hybridized carbons (Fsp3) is 0.381. The Kier molecular flexibility index (Phi) is 5.25. The van der Waals surface area contributed by atoms with Crippen LogP contribution in [0.5, 0.6) is 0 Å². The summed E-state index contributed by atoms with van der Waals surface area (Å²) in [6.45, 7) is 5.97. The van der Waals surface area contributed by atoms with E-state index in [2.05, 4.69) is 20.5 Å². The smallest absolute Gasteiger partial charge is 0.254 e. The predicted molar refractivity (Wildman–Crippen MR) is 107 cm³/mol. The van der Waals surface area contributed by atoms with Gasteiger partial charge >= 0.3 is 0 Å². The molecule has 28 heavy (non-hydrogen) atoms. The van der Waals surface area contributed by atoms with Crippen LogP contribution in [0.2, 0.25) is 0 Å². The maximum Gasteiger partial charge on any atom is 0.254 e. The SMILES string of the molecule is Cc1c(NCc2cccnc2)cccc1C(=O)N1CCN2CCNC(=O)[C@@H]2C1. The molecule has 2 amide bonds. The van der Waals surface area contributed by atoms with E-state index in [1.54, 1.807) is 11.1 Å². The Balaban J connectivity index is 1.48. The average molecular weight is 379 g/mol. The van der Waals surface area contributed by atoms with Gasteiger partial charge in [0.05, 0.1) is 0 Å². The van der Waals surface area contributed by atoms with Crippen molar-refractivity contribution in [1.29, 1.82) is 0 Å². The first-order chi connectivity index (χ1) is 13.6. The predicted octanol–water partition coefficient (Wildman–Crippen LogP) is 1.26. The summed E-state index contributed by atoms with van der Waals surface area (Å²) >= 11 is 0. The van der Waals surface area contributed by atoms with Crippen LogP contribution < -0.4 is 10.6 Å². The minimum absolute atomic E-state index is 0.0134. The Morgan fingerprint density at radius 2 is 2.14 bits per heavy atom. The first-order valence-electron chi connectivity index (χ1n) is 9.67. The Hall–Kier alpha value is -2.93. The lowest BCUT2D eigenvalue weighted by molar-refractivity contribution is -0.131. The zero-order valence-electron chi connectivity index (χ0n) is 16.0. The molecular formula is C21H25N5O2. The van der Waals surface area contributed by atoms with Crippen LogP contribution in [0.15, 0.2) is 42.7 Å². The van der Waals surface area contributed by atoms with E-state index in [-0.39, 0.29) is 17.9 Å². The summed E-state index contributed by atoms with van der Waals surface area (Å²) in [5.74, 6) is 0.00733. The number of anilines is 1. The Bertz CT molecular complexity index is 870. The molecule has 7 heteroatoms. The van der Waals surface area contributed by atoms with Gasteiger partial charge in [-0.2, -0.15) is 0 Å². The Morgan fingerprint density at radius 3 is 2.96 bits per heavy atom. The number of amides is 2. The van der Waals surface area contributed by atoms with Gasteiger partial charge < -0.3 is 15.5 Å². The van der Waals surface area contributed by atoms with Crippen LogP contribution in [0.3, 0.4) is 0 Å². The normalized spacial score (nSPS) is 19.7. The highest BCUT2D eigenvalue weighted by atomic mass is 16.2. The second kappa shape index (κ2) is 7.98. The molecule has 0 radical (unpaired) electrons. The molecule has 2 N–H and O–H groups in total. The largest absolute Gasteiger partial charge is 0.381 e. The molecule has 2 saturated heterocycles. The number of hydrogen-bond donors (Lipinski definition) is 2. The van der Waals surface area contributed by atoms with Gasteiger partial charge in [-0.25, -0.2) is 0 Å². The molecule has 0 spiro atoms. The minimum atomic E-state index is -0.237. The van der Waals surface area contributed by atoms with Crippen LogP contribution in [0.25, 0.3) is 0 Å². The van der Waals surface area contributed by atoms with Crippen LogP contribution in [0.1, 0.15) is 21.5 Å². The highest BCUT2D eigenvalue weighted by molar-refractivity contribution is 5.97. The zero-order chi connectivity index (χ0) is 19.5. The van der Waals surface area contributed by atoms with E-state index in [1.807, 2.05) is 43.5 Å². The fourth-order valence-corrected chi connectivity index (χ4v) is 3.89. The van der Waals surface area contributed by atoms with Gasteiger partial charge in [-0.3, -0.25) is 19.5 Å². The van der Waals surface area contributed by atoms with E-state index in [0.717, 1.165) is 29.9 Å². The number of nitrogens with zero attached hydrogens (tertiary/aromatic N) is 3. The van der Waals surface area contributed by atoms with Gasteiger partial charge in [0, 0.05) is 62.9 Å². The molecule has 2 fully saturated rings. The van der Waals surface area contributed by atoms with Crippen LogP contribution in [-0.4, -0.2) is 65.4 Å². The van der Waals surface area contributed by atoms with Crippen molar-refractivity contribution >= 4 is 17.5 Å². The standard InChI is InChI=1S/C21H25N5O2/c1-15-17(5-2-6-18(15)24-13-16-4-3-7-22-12-16)21(28)26-11-10-25-9-8-23-20(27)19(25)14-26/h2-7,12,19,24H,8-11,13-14H2,1H3,(H,23,27)/t19-/m0/s1. The average Bonchev–Trinajstić information content (AvgIpc) is 2.73. The molecule has 7 nitrogen and oxygen atoms in total. The van der Waals surface area contributed by atoms with Gasteiger partial charge in [0.25, 0.3) is 5.91 Å². The first kappa shape index (κ1) is 18.4. The van der Waals surface area contributed by atoms with Gasteiger partial charge in [0.15, 0.2) is 0 Å². The Morgan fingerprint density at radius 1 is 1.25 bits per heavy atom. The summed E-state index contributed by atoms with van der Waals surface area (Å²) < 4.78 is 0. The summed E-state index contributed by atoms with van der Waals surface area (Å²) in [6, 6.07) is 9.42. The lowest BCUT2D eigenvalue weighted by Gasteiger charge is -2.43. The number of piperazine rings is 2. The van der Waals surface area contributed by atoms with E-state index in [4.69, 9.17) is 0 Å². The fourth-order valence-electron chi connectivity index (χ4n) is 3.89. The number of fused-ring (bicyclic) bond motifs is 1. The molecule has 0 saturated carbocycles. The second-order valence-corrected chi connectivity index (χ2v) is 7.29. The molecule has 3 heterocycles. The summed E-state index contributed by atoms with van der Waals surface area (Å²) in [6.07, 6.45) is 3.58. The number of carbonyl (C=O) groups excluding carboxylic acids is 2. The van der Waals surface area contributed by atoms with Gasteiger partial charge in [-0.05, 0) is 36.2 Å². The van der Waals surface area contributed by atoms with Crippen LogP contribution >= 0.6 is 0 Å². The van der Waals surface area contributed by atoms with E-state index >= 15 is 0 Å². The van der Waals surface area contributed by atoms with Crippen molar-refractivity contribution < 1.29 is 9.59 Å². The molecule has 1 atom stereocenters. The van der Waals surface area contributed by atoms with Crippen molar-refractivity contribution in [2.24, 2.45) is 0 Å². The van der Waals surface area contributed by atoms with Crippen molar-refractivity contribution in [1.82, 2.24) is 20.1 Å². The molecule has 1 aromatic carbocycles. The number of pyridine rings is 1. The number of nitrogens with one attached hydrogen (secondary N) is 2. The van der Waals surface area contributed by atoms with Crippen LogP contribution in [0, 0.1) is 6.92 Å². The van der Waals surface area contributed by atoms with Gasteiger partial charge in [0.2, 0.25) is 5.91 Å². The highest BCUT2D eigenvalue weighted by Crippen LogP contribution is 2.23. The maximum atomic E-state index is 13.2. The Labute approximate surface area is 164 Å². The lowest BCUT2D eigenvalue weighted by Crippen LogP contribution is -2.64. The van der Waals surface area contributed by atoms with Gasteiger partial charge in [0.1, 0.15) is 6.04 Å². The van der Waals surface area contributed by atoms with E-state index < -0.39 is 0 Å².